The fourth-order valence-electron chi connectivity index (χ4n) is 2.11. The molecule has 2 rings (SSSR count). The van der Waals surface area contributed by atoms with Gasteiger partial charge in [-0.15, -0.1) is 11.6 Å². The van der Waals surface area contributed by atoms with Crippen molar-refractivity contribution in [3.05, 3.63) is 6.20 Å². The van der Waals surface area contributed by atoms with Gasteiger partial charge in [0.15, 0.2) is 10.8 Å². The maximum Gasteiger partial charge on any atom is 0.234 e. The molecular weight excluding hydrogens is 364 g/mol. The highest BCUT2D eigenvalue weighted by Crippen LogP contribution is 2.24. The molecule has 0 aromatic carbocycles. The SMILES string of the molecule is CCCSc1nc(NCCOC)c2cnn(CCNC(=O)CCl)c2n1. The zero-order valence-electron chi connectivity index (χ0n) is 14.4. The zero-order chi connectivity index (χ0) is 18.1. The minimum absolute atomic E-state index is 0.0482. The monoisotopic (exact) mass is 386 g/mol. The van der Waals surface area contributed by atoms with E-state index in [1.54, 1.807) is 29.8 Å². The summed E-state index contributed by atoms with van der Waals surface area (Å²) in [7, 11) is 1.66. The van der Waals surface area contributed by atoms with Crippen LogP contribution in [0.15, 0.2) is 11.4 Å². The predicted molar refractivity (Wildman–Crippen MR) is 100 cm³/mol. The second-order valence-electron chi connectivity index (χ2n) is 5.21. The van der Waals surface area contributed by atoms with E-state index in [-0.39, 0.29) is 11.8 Å². The number of hydrogen-bond acceptors (Lipinski definition) is 7. The lowest BCUT2D eigenvalue weighted by molar-refractivity contribution is -0.118. The van der Waals surface area contributed by atoms with Crippen molar-refractivity contribution in [3.8, 4) is 0 Å². The van der Waals surface area contributed by atoms with Crippen LogP contribution < -0.4 is 10.6 Å². The van der Waals surface area contributed by atoms with Crippen molar-refractivity contribution in [2.75, 3.05) is 43.8 Å². The fraction of sp³-hybridized carbons (Fsp3) is 0.600. The summed E-state index contributed by atoms with van der Waals surface area (Å²) in [5, 5.41) is 11.9. The van der Waals surface area contributed by atoms with Crippen molar-refractivity contribution < 1.29 is 9.53 Å². The first kappa shape index (κ1) is 19.7. The number of ether oxygens (including phenoxy) is 1. The number of hydrogen-bond donors (Lipinski definition) is 2. The van der Waals surface area contributed by atoms with Crippen LogP contribution in [-0.2, 0) is 16.1 Å². The quantitative estimate of drug-likeness (QED) is 0.263. The molecule has 10 heteroatoms. The second kappa shape index (κ2) is 10.4. The minimum Gasteiger partial charge on any atom is -0.383 e. The molecular formula is C15H23ClN6O2S. The molecule has 0 fully saturated rings. The molecule has 0 radical (unpaired) electrons. The molecule has 138 valence electrons. The standard InChI is InChI=1S/C15H23ClN6O2S/c1-3-8-25-15-20-13(18-5-7-24-2)11-10-19-22(14(11)21-15)6-4-17-12(23)9-16/h10H,3-9H2,1-2H3,(H,17,23)(H,18,20,21). The number of anilines is 1. The van der Waals surface area contributed by atoms with Gasteiger partial charge in [0.2, 0.25) is 5.91 Å². The normalized spacial score (nSPS) is 11.0. The number of alkyl halides is 1. The highest BCUT2D eigenvalue weighted by molar-refractivity contribution is 7.99. The molecule has 0 atom stereocenters. The maximum absolute atomic E-state index is 11.3. The van der Waals surface area contributed by atoms with E-state index in [0.717, 1.165) is 29.0 Å². The van der Waals surface area contributed by atoms with Crippen molar-refractivity contribution in [2.24, 2.45) is 0 Å². The third kappa shape index (κ3) is 5.72. The largest absolute Gasteiger partial charge is 0.383 e. The number of aromatic nitrogens is 4. The van der Waals surface area contributed by atoms with E-state index in [9.17, 15) is 4.79 Å². The maximum atomic E-state index is 11.3. The van der Waals surface area contributed by atoms with Crippen molar-refractivity contribution in [2.45, 2.75) is 25.0 Å². The molecule has 8 nitrogen and oxygen atoms in total. The van der Waals surface area contributed by atoms with Crippen molar-refractivity contribution >= 4 is 46.1 Å². The first-order chi connectivity index (χ1) is 12.2. The van der Waals surface area contributed by atoms with Gasteiger partial charge in [-0.25, -0.2) is 14.6 Å². The Bertz CT molecular complexity index is 696. The molecule has 0 aliphatic carbocycles. The summed E-state index contributed by atoms with van der Waals surface area (Å²) in [4.78, 5) is 20.5. The van der Waals surface area contributed by atoms with Crippen LogP contribution in [0.1, 0.15) is 13.3 Å². The average molecular weight is 387 g/mol. The minimum atomic E-state index is -0.200. The summed E-state index contributed by atoms with van der Waals surface area (Å²) in [6, 6.07) is 0. The Morgan fingerprint density at radius 2 is 2.24 bits per heavy atom. The average Bonchev–Trinajstić information content (AvgIpc) is 3.03. The summed E-state index contributed by atoms with van der Waals surface area (Å²) in [5.41, 5.74) is 0.744. The van der Waals surface area contributed by atoms with Crippen molar-refractivity contribution in [1.29, 1.82) is 0 Å². The number of fused-ring (bicyclic) bond motifs is 1. The first-order valence-corrected chi connectivity index (χ1v) is 9.63. The van der Waals surface area contributed by atoms with Crippen LogP contribution in [0.2, 0.25) is 0 Å². The van der Waals surface area contributed by atoms with E-state index in [1.807, 2.05) is 0 Å². The van der Waals surface area contributed by atoms with Crippen LogP contribution in [0.4, 0.5) is 5.82 Å². The molecule has 0 unspecified atom stereocenters. The van der Waals surface area contributed by atoms with Crippen LogP contribution in [0.3, 0.4) is 0 Å². The number of amides is 1. The van der Waals surface area contributed by atoms with Gasteiger partial charge in [0.05, 0.1) is 24.7 Å². The summed E-state index contributed by atoms with van der Waals surface area (Å²) < 4.78 is 6.85. The molecule has 2 heterocycles. The lowest BCUT2D eigenvalue weighted by Crippen LogP contribution is -2.28. The van der Waals surface area contributed by atoms with Gasteiger partial charge in [-0.2, -0.15) is 5.10 Å². The van der Waals surface area contributed by atoms with E-state index in [0.29, 0.717) is 31.4 Å². The summed E-state index contributed by atoms with van der Waals surface area (Å²) >= 11 is 7.09. The van der Waals surface area contributed by atoms with Crippen LogP contribution >= 0.6 is 23.4 Å². The number of thioether (sulfide) groups is 1. The van der Waals surface area contributed by atoms with Crippen molar-refractivity contribution in [3.63, 3.8) is 0 Å². The van der Waals surface area contributed by atoms with E-state index < -0.39 is 0 Å². The van der Waals surface area contributed by atoms with E-state index in [4.69, 9.17) is 16.3 Å². The fourth-order valence-corrected chi connectivity index (χ4v) is 2.90. The Morgan fingerprint density at radius 1 is 1.40 bits per heavy atom. The molecule has 0 aliphatic rings. The molecule has 0 bridgehead atoms. The van der Waals surface area contributed by atoms with Crippen LogP contribution in [0.25, 0.3) is 11.0 Å². The number of carbonyl (C=O) groups is 1. The first-order valence-electron chi connectivity index (χ1n) is 8.11. The third-order valence-corrected chi connectivity index (χ3v) is 4.57. The summed E-state index contributed by atoms with van der Waals surface area (Å²) in [6.07, 6.45) is 2.78. The van der Waals surface area contributed by atoms with Gasteiger partial charge in [-0.1, -0.05) is 18.7 Å². The second-order valence-corrected chi connectivity index (χ2v) is 6.54. The van der Waals surface area contributed by atoms with Gasteiger partial charge in [0, 0.05) is 26.0 Å². The Labute approximate surface area is 156 Å². The zero-order valence-corrected chi connectivity index (χ0v) is 16.0. The number of nitrogens with one attached hydrogen (secondary N) is 2. The number of carbonyl (C=O) groups excluding carboxylic acids is 1. The Morgan fingerprint density at radius 3 is 2.96 bits per heavy atom. The van der Waals surface area contributed by atoms with E-state index in [2.05, 4.69) is 32.6 Å². The lowest BCUT2D eigenvalue weighted by atomic mass is 10.4. The van der Waals surface area contributed by atoms with Gasteiger partial charge in [0.25, 0.3) is 0 Å². The van der Waals surface area contributed by atoms with Gasteiger partial charge < -0.3 is 15.4 Å². The lowest BCUT2D eigenvalue weighted by Gasteiger charge is -2.09. The predicted octanol–water partition coefficient (Wildman–Crippen LogP) is 1.74. The summed E-state index contributed by atoms with van der Waals surface area (Å²) in [6.45, 7) is 4.31. The molecule has 25 heavy (non-hydrogen) atoms. The number of methoxy groups -OCH3 is 1. The number of nitrogens with zero attached hydrogens (tertiary/aromatic N) is 4. The Hall–Kier alpha value is -1.58. The van der Waals surface area contributed by atoms with Gasteiger partial charge in [0.1, 0.15) is 11.7 Å². The molecule has 2 aromatic rings. The third-order valence-electron chi connectivity index (χ3n) is 3.28. The van der Waals surface area contributed by atoms with Gasteiger partial charge >= 0.3 is 0 Å². The molecule has 2 aromatic heterocycles. The van der Waals surface area contributed by atoms with E-state index >= 15 is 0 Å². The molecule has 0 aliphatic heterocycles. The molecule has 0 saturated carbocycles. The Balaban J connectivity index is 2.21. The van der Waals surface area contributed by atoms with E-state index in [1.165, 1.54) is 0 Å². The smallest absolute Gasteiger partial charge is 0.234 e. The topological polar surface area (TPSA) is 94.0 Å². The van der Waals surface area contributed by atoms with Crippen LogP contribution in [0.5, 0.6) is 0 Å². The van der Waals surface area contributed by atoms with Gasteiger partial charge in [-0.05, 0) is 6.42 Å². The molecule has 0 spiro atoms. The highest BCUT2D eigenvalue weighted by Gasteiger charge is 2.13. The van der Waals surface area contributed by atoms with Crippen LogP contribution in [-0.4, -0.2) is 64.1 Å². The highest BCUT2D eigenvalue weighted by atomic mass is 35.5. The molecule has 2 N–H and O–H groups in total. The molecule has 1 amide bonds. The Kier molecular flexibility index (Phi) is 8.23. The van der Waals surface area contributed by atoms with Crippen molar-refractivity contribution in [1.82, 2.24) is 25.1 Å². The number of rotatable bonds is 11. The van der Waals surface area contributed by atoms with Crippen LogP contribution in [0, 0.1) is 0 Å². The molecule has 0 saturated heterocycles. The summed E-state index contributed by atoms with van der Waals surface area (Å²) in [5.74, 6) is 1.45. The van der Waals surface area contributed by atoms with Gasteiger partial charge in [-0.3, -0.25) is 4.79 Å². The number of halogens is 1.